The van der Waals surface area contributed by atoms with Crippen molar-refractivity contribution in [3.8, 4) is 0 Å². The van der Waals surface area contributed by atoms with Gasteiger partial charge >= 0.3 is 0 Å². The average Bonchev–Trinajstić information content (AvgIpc) is 3.05. The fourth-order valence-corrected chi connectivity index (χ4v) is 5.20. The summed E-state index contributed by atoms with van der Waals surface area (Å²) in [6, 6.07) is 10.6. The fourth-order valence-electron chi connectivity index (χ4n) is 3.69. The maximum atomic E-state index is 13.3. The van der Waals surface area contributed by atoms with Crippen LogP contribution < -0.4 is 4.72 Å². The van der Waals surface area contributed by atoms with Gasteiger partial charge < -0.3 is 14.1 Å². The third-order valence-electron chi connectivity index (χ3n) is 5.48. The number of carbonyl (C=O) groups is 1. The third kappa shape index (κ3) is 3.57. The van der Waals surface area contributed by atoms with Crippen molar-refractivity contribution in [2.75, 3.05) is 31.0 Å². The molecule has 0 radical (unpaired) electrons. The minimum Gasteiger partial charge on any atom is -0.449 e. The van der Waals surface area contributed by atoms with Crippen molar-refractivity contribution in [3.63, 3.8) is 0 Å². The maximum absolute atomic E-state index is 13.3. The van der Waals surface area contributed by atoms with Crippen molar-refractivity contribution in [2.45, 2.75) is 25.7 Å². The number of benzene rings is 2. The van der Waals surface area contributed by atoms with Crippen LogP contribution in [0, 0.1) is 20.8 Å². The molecule has 0 bridgehead atoms. The second kappa shape index (κ2) is 7.77. The lowest BCUT2D eigenvalue weighted by Gasteiger charge is -2.26. The highest BCUT2D eigenvalue weighted by molar-refractivity contribution is 7.93. The van der Waals surface area contributed by atoms with Crippen molar-refractivity contribution >= 4 is 32.6 Å². The lowest BCUT2D eigenvalue weighted by atomic mass is 10.0. The summed E-state index contributed by atoms with van der Waals surface area (Å²) in [6.07, 6.45) is 0. The SMILES string of the molecule is Cc1cc2c(C)c(C(=O)N3CCOCC3)oc2c(S(=O)(=O)Nc2ccccc2)c1C. The summed E-state index contributed by atoms with van der Waals surface area (Å²) < 4.78 is 40.5. The average molecular weight is 429 g/mol. The number of amides is 1. The van der Waals surface area contributed by atoms with Crippen LogP contribution in [0.4, 0.5) is 5.69 Å². The molecule has 1 aliphatic rings. The summed E-state index contributed by atoms with van der Waals surface area (Å²) in [6.45, 7) is 7.30. The molecule has 1 aromatic heterocycles. The highest BCUT2D eigenvalue weighted by Gasteiger charge is 2.30. The Morgan fingerprint density at radius 1 is 1.03 bits per heavy atom. The van der Waals surface area contributed by atoms with Crippen LogP contribution in [0.2, 0.25) is 0 Å². The Hall–Kier alpha value is -2.84. The maximum Gasteiger partial charge on any atom is 0.290 e. The molecule has 1 saturated heterocycles. The molecule has 0 aliphatic carbocycles. The highest BCUT2D eigenvalue weighted by Crippen LogP contribution is 2.36. The molecule has 1 fully saturated rings. The molecule has 158 valence electrons. The molecule has 2 heterocycles. The number of nitrogens with zero attached hydrogens (tertiary/aromatic N) is 1. The number of para-hydroxylation sites is 1. The molecule has 30 heavy (non-hydrogen) atoms. The number of rotatable bonds is 4. The van der Waals surface area contributed by atoms with E-state index in [9.17, 15) is 13.2 Å². The molecule has 1 amide bonds. The molecule has 1 aliphatic heterocycles. The Morgan fingerprint density at radius 2 is 1.70 bits per heavy atom. The Labute approximate surface area is 175 Å². The Kier molecular flexibility index (Phi) is 5.29. The number of hydrogen-bond acceptors (Lipinski definition) is 5. The molecular weight excluding hydrogens is 404 g/mol. The van der Waals surface area contributed by atoms with E-state index in [0.717, 1.165) is 5.56 Å². The Morgan fingerprint density at radius 3 is 2.37 bits per heavy atom. The number of ether oxygens (including phenoxy) is 1. The van der Waals surface area contributed by atoms with Crippen LogP contribution in [0.1, 0.15) is 27.2 Å². The molecule has 0 saturated carbocycles. The lowest BCUT2D eigenvalue weighted by molar-refractivity contribution is 0.0283. The minimum absolute atomic E-state index is 0.0606. The summed E-state index contributed by atoms with van der Waals surface area (Å²) in [5.41, 5.74) is 2.70. The third-order valence-corrected chi connectivity index (χ3v) is 7.01. The van der Waals surface area contributed by atoms with Crippen LogP contribution in [0.3, 0.4) is 0 Å². The van der Waals surface area contributed by atoms with Crippen LogP contribution in [0.25, 0.3) is 11.0 Å². The van der Waals surface area contributed by atoms with Crippen molar-refractivity contribution in [3.05, 3.63) is 58.8 Å². The monoisotopic (exact) mass is 428 g/mol. The van der Waals surface area contributed by atoms with Crippen LogP contribution in [-0.4, -0.2) is 45.5 Å². The van der Waals surface area contributed by atoms with E-state index in [1.54, 1.807) is 43.0 Å². The van der Waals surface area contributed by atoms with Gasteiger partial charge in [0.15, 0.2) is 11.3 Å². The van der Waals surface area contributed by atoms with E-state index < -0.39 is 10.0 Å². The van der Waals surface area contributed by atoms with Crippen molar-refractivity contribution in [1.82, 2.24) is 4.90 Å². The first kappa shape index (κ1) is 20.4. The van der Waals surface area contributed by atoms with Gasteiger partial charge in [-0.1, -0.05) is 18.2 Å². The van der Waals surface area contributed by atoms with E-state index in [-0.39, 0.29) is 22.1 Å². The second-order valence-electron chi connectivity index (χ2n) is 7.46. The molecule has 2 aromatic carbocycles. The van der Waals surface area contributed by atoms with E-state index in [2.05, 4.69) is 4.72 Å². The van der Waals surface area contributed by atoms with E-state index in [1.807, 2.05) is 19.1 Å². The second-order valence-corrected chi connectivity index (χ2v) is 9.08. The number of nitrogens with one attached hydrogen (secondary N) is 1. The largest absolute Gasteiger partial charge is 0.449 e. The number of fused-ring (bicyclic) bond motifs is 1. The number of anilines is 1. The van der Waals surface area contributed by atoms with Gasteiger partial charge in [-0.25, -0.2) is 8.42 Å². The van der Waals surface area contributed by atoms with Crippen LogP contribution in [0.15, 0.2) is 45.7 Å². The van der Waals surface area contributed by atoms with Gasteiger partial charge in [0.1, 0.15) is 4.90 Å². The predicted molar refractivity (Wildman–Crippen MR) is 114 cm³/mol. The Balaban J connectivity index is 1.85. The van der Waals surface area contributed by atoms with Gasteiger partial charge in [0, 0.05) is 29.7 Å². The summed E-state index contributed by atoms with van der Waals surface area (Å²) in [7, 11) is -3.94. The first-order valence-electron chi connectivity index (χ1n) is 9.78. The fraction of sp³-hybridized carbons (Fsp3) is 0.318. The van der Waals surface area contributed by atoms with Crippen molar-refractivity contribution in [1.29, 1.82) is 0 Å². The van der Waals surface area contributed by atoms with Gasteiger partial charge in [-0.15, -0.1) is 0 Å². The summed E-state index contributed by atoms with van der Waals surface area (Å²) in [4.78, 5) is 14.8. The molecule has 1 N–H and O–H groups in total. The lowest BCUT2D eigenvalue weighted by Crippen LogP contribution is -2.40. The molecule has 4 rings (SSSR count). The van der Waals surface area contributed by atoms with Crippen LogP contribution in [0.5, 0.6) is 0 Å². The highest BCUT2D eigenvalue weighted by atomic mass is 32.2. The van der Waals surface area contributed by atoms with E-state index >= 15 is 0 Å². The number of carbonyl (C=O) groups excluding carboxylic acids is 1. The summed E-state index contributed by atoms with van der Waals surface area (Å²) in [5, 5.41) is 0.628. The first-order chi connectivity index (χ1) is 14.3. The van der Waals surface area contributed by atoms with Crippen molar-refractivity contribution < 1.29 is 22.4 Å². The topological polar surface area (TPSA) is 88.9 Å². The number of furan rings is 1. The van der Waals surface area contributed by atoms with Crippen molar-refractivity contribution in [2.24, 2.45) is 0 Å². The zero-order chi connectivity index (χ0) is 21.5. The zero-order valence-corrected chi connectivity index (χ0v) is 18.0. The van der Waals surface area contributed by atoms with Gasteiger partial charge in [-0.05, 0) is 50.1 Å². The standard InChI is InChI=1S/C22H24N2O5S/c1-14-13-18-16(3)19(22(25)24-9-11-28-12-10-24)29-20(18)21(15(14)2)30(26,27)23-17-7-5-4-6-8-17/h4-8,13,23H,9-12H2,1-3H3. The van der Waals surface area contributed by atoms with Crippen LogP contribution in [-0.2, 0) is 14.8 Å². The number of sulfonamides is 1. The Bertz CT molecular complexity index is 1210. The van der Waals surface area contributed by atoms with Gasteiger partial charge in [-0.2, -0.15) is 0 Å². The zero-order valence-electron chi connectivity index (χ0n) is 17.2. The normalized spacial score (nSPS) is 14.8. The molecular formula is C22H24N2O5S. The number of hydrogen-bond donors (Lipinski definition) is 1. The summed E-state index contributed by atoms with van der Waals surface area (Å²) in [5.74, 6) is -0.0743. The molecule has 0 spiro atoms. The molecule has 0 unspecified atom stereocenters. The van der Waals surface area contributed by atoms with Gasteiger partial charge in [0.25, 0.3) is 15.9 Å². The molecule has 7 nitrogen and oxygen atoms in total. The smallest absolute Gasteiger partial charge is 0.290 e. The van der Waals surface area contributed by atoms with E-state index in [1.165, 1.54) is 0 Å². The molecule has 8 heteroatoms. The van der Waals surface area contributed by atoms with Gasteiger partial charge in [0.2, 0.25) is 0 Å². The molecule has 3 aromatic rings. The van der Waals surface area contributed by atoms with E-state index in [0.29, 0.717) is 48.5 Å². The number of aryl methyl sites for hydroxylation is 2. The van der Waals surface area contributed by atoms with Crippen LogP contribution >= 0.6 is 0 Å². The van der Waals surface area contributed by atoms with E-state index in [4.69, 9.17) is 9.15 Å². The minimum atomic E-state index is -3.94. The van der Waals surface area contributed by atoms with Gasteiger partial charge in [0.05, 0.1) is 13.2 Å². The summed E-state index contributed by atoms with van der Waals surface area (Å²) >= 11 is 0. The first-order valence-corrected chi connectivity index (χ1v) is 11.3. The van der Waals surface area contributed by atoms with Gasteiger partial charge in [-0.3, -0.25) is 9.52 Å². The number of morpholine rings is 1. The molecule has 0 atom stereocenters. The quantitative estimate of drug-likeness (QED) is 0.685. The predicted octanol–water partition coefficient (Wildman–Crippen LogP) is 3.63.